The number of hydrogen-bond acceptors (Lipinski definition) is 4. The highest BCUT2D eigenvalue weighted by Gasteiger charge is 2.09. The number of carbonyl (C=O) groups is 1. The van der Waals surface area contributed by atoms with Gasteiger partial charge in [-0.3, -0.25) is 9.78 Å². The maximum absolute atomic E-state index is 13.4. The van der Waals surface area contributed by atoms with Crippen LogP contribution in [0.1, 0.15) is 10.4 Å². The van der Waals surface area contributed by atoms with E-state index in [0.29, 0.717) is 0 Å². The van der Waals surface area contributed by atoms with Gasteiger partial charge in [0.2, 0.25) is 0 Å². The molecule has 0 unspecified atom stereocenters. The molecule has 2 N–H and O–H groups in total. The molecule has 1 aromatic carbocycles. The van der Waals surface area contributed by atoms with Crippen molar-refractivity contribution >= 4 is 11.6 Å². The summed E-state index contributed by atoms with van der Waals surface area (Å²) in [5, 5.41) is 11.7. The number of aromatic nitrogens is 1. The maximum atomic E-state index is 13.4. The Hall–Kier alpha value is -2.63. The molecular weight excluding hydrogens is 251 g/mol. The molecule has 0 saturated carbocycles. The normalized spacial score (nSPS) is 10.0. The molecule has 0 spiro atoms. The summed E-state index contributed by atoms with van der Waals surface area (Å²) in [7, 11) is 1.36. The molecule has 19 heavy (non-hydrogen) atoms. The van der Waals surface area contributed by atoms with Crippen LogP contribution in [0.25, 0.3) is 0 Å². The minimum atomic E-state index is -0.575. The molecule has 1 aromatic heterocycles. The number of benzene rings is 1. The molecule has 0 aliphatic heterocycles. The van der Waals surface area contributed by atoms with E-state index >= 15 is 0 Å². The van der Waals surface area contributed by atoms with Crippen LogP contribution in [0.3, 0.4) is 0 Å². The summed E-state index contributed by atoms with van der Waals surface area (Å²) in [6.45, 7) is 0. The summed E-state index contributed by atoms with van der Waals surface area (Å²) in [6, 6.07) is 5.33. The van der Waals surface area contributed by atoms with Gasteiger partial charge in [0.15, 0.2) is 11.6 Å². The molecule has 1 heterocycles. The molecule has 0 aliphatic rings. The van der Waals surface area contributed by atoms with Crippen LogP contribution < -0.4 is 10.1 Å². The Morgan fingerprint density at radius 3 is 2.79 bits per heavy atom. The second kappa shape index (κ2) is 5.34. The highest BCUT2D eigenvalue weighted by atomic mass is 19.1. The maximum Gasteiger partial charge on any atom is 0.257 e. The minimum absolute atomic E-state index is 0.0945. The van der Waals surface area contributed by atoms with Crippen LogP contribution in [0.2, 0.25) is 0 Å². The third-order valence-corrected chi connectivity index (χ3v) is 2.40. The van der Waals surface area contributed by atoms with Crippen LogP contribution in [-0.4, -0.2) is 23.1 Å². The topological polar surface area (TPSA) is 71.5 Å². The first-order valence-corrected chi connectivity index (χ1v) is 5.39. The molecule has 1 amide bonds. The van der Waals surface area contributed by atoms with Crippen molar-refractivity contribution in [1.82, 2.24) is 4.98 Å². The number of anilines is 1. The van der Waals surface area contributed by atoms with Gasteiger partial charge in [0.25, 0.3) is 5.91 Å². The van der Waals surface area contributed by atoms with Gasteiger partial charge in [0.05, 0.1) is 18.9 Å². The zero-order valence-electron chi connectivity index (χ0n) is 10.1. The number of pyridine rings is 1. The summed E-state index contributed by atoms with van der Waals surface area (Å²) < 4.78 is 18.2. The largest absolute Gasteiger partial charge is 0.506 e. The molecule has 5 nitrogen and oxygen atoms in total. The number of aromatic hydroxyl groups is 1. The molecule has 98 valence electrons. The van der Waals surface area contributed by atoms with Gasteiger partial charge in [0.1, 0.15) is 5.75 Å². The number of halogens is 1. The summed E-state index contributed by atoms with van der Waals surface area (Å²) in [6.07, 6.45) is 2.51. The third-order valence-electron chi connectivity index (χ3n) is 2.40. The first-order valence-electron chi connectivity index (χ1n) is 5.39. The quantitative estimate of drug-likeness (QED) is 0.889. The van der Waals surface area contributed by atoms with E-state index in [-0.39, 0.29) is 22.7 Å². The van der Waals surface area contributed by atoms with E-state index in [1.807, 2.05) is 0 Å². The lowest BCUT2D eigenvalue weighted by Crippen LogP contribution is -2.12. The Labute approximate surface area is 108 Å². The number of amides is 1. The predicted molar refractivity (Wildman–Crippen MR) is 66.8 cm³/mol. The van der Waals surface area contributed by atoms with E-state index in [1.165, 1.54) is 37.7 Å². The third kappa shape index (κ3) is 2.98. The van der Waals surface area contributed by atoms with E-state index in [9.17, 15) is 14.3 Å². The Bertz CT molecular complexity index is 617. The van der Waals surface area contributed by atoms with Crippen molar-refractivity contribution in [3.63, 3.8) is 0 Å². The van der Waals surface area contributed by atoms with E-state index in [2.05, 4.69) is 10.3 Å². The Morgan fingerprint density at radius 2 is 2.16 bits per heavy atom. The predicted octanol–water partition coefficient (Wildman–Crippen LogP) is 2.19. The van der Waals surface area contributed by atoms with E-state index < -0.39 is 11.7 Å². The van der Waals surface area contributed by atoms with Gasteiger partial charge in [-0.1, -0.05) is 0 Å². The highest BCUT2D eigenvalue weighted by Crippen LogP contribution is 2.21. The number of methoxy groups -OCH3 is 1. The van der Waals surface area contributed by atoms with Crippen molar-refractivity contribution in [2.75, 3.05) is 12.4 Å². The van der Waals surface area contributed by atoms with Crippen molar-refractivity contribution in [3.8, 4) is 11.5 Å². The van der Waals surface area contributed by atoms with Crippen LogP contribution in [0.4, 0.5) is 10.1 Å². The first-order chi connectivity index (χ1) is 9.10. The lowest BCUT2D eigenvalue weighted by atomic mass is 10.2. The molecule has 0 bridgehead atoms. The molecule has 0 aliphatic carbocycles. The van der Waals surface area contributed by atoms with Gasteiger partial charge >= 0.3 is 0 Å². The number of rotatable bonds is 3. The lowest BCUT2D eigenvalue weighted by molar-refractivity contribution is 0.102. The van der Waals surface area contributed by atoms with Gasteiger partial charge in [0, 0.05) is 18.0 Å². The SMILES string of the molecule is COc1ccc(NC(=O)c2cncc(O)c2)cc1F. The average molecular weight is 262 g/mol. The molecule has 2 rings (SSSR count). The van der Waals surface area contributed by atoms with Crippen LogP contribution >= 0.6 is 0 Å². The molecule has 0 saturated heterocycles. The summed E-state index contributed by atoms with van der Waals surface area (Å²) in [5.41, 5.74) is 0.461. The van der Waals surface area contributed by atoms with Crippen molar-refractivity contribution < 1.29 is 19.0 Å². The van der Waals surface area contributed by atoms with E-state index in [1.54, 1.807) is 0 Å². The smallest absolute Gasteiger partial charge is 0.257 e. The average Bonchev–Trinajstić information content (AvgIpc) is 2.39. The van der Waals surface area contributed by atoms with Crippen molar-refractivity contribution in [1.29, 1.82) is 0 Å². The van der Waals surface area contributed by atoms with Crippen LogP contribution in [-0.2, 0) is 0 Å². The molecule has 0 fully saturated rings. The van der Waals surface area contributed by atoms with Crippen molar-refractivity contribution in [3.05, 3.63) is 48.0 Å². The van der Waals surface area contributed by atoms with Crippen LogP contribution in [0.5, 0.6) is 11.5 Å². The molecule has 2 aromatic rings. The summed E-state index contributed by atoms with van der Waals surface area (Å²) in [4.78, 5) is 15.5. The van der Waals surface area contributed by atoms with Gasteiger partial charge in [-0.25, -0.2) is 4.39 Å². The number of ether oxygens (including phenoxy) is 1. The fourth-order valence-corrected chi connectivity index (χ4v) is 1.50. The lowest BCUT2D eigenvalue weighted by Gasteiger charge is -2.07. The van der Waals surface area contributed by atoms with Crippen LogP contribution in [0.15, 0.2) is 36.7 Å². The number of nitrogens with zero attached hydrogens (tertiary/aromatic N) is 1. The Balaban J connectivity index is 2.17. The highest BCUT2D eigenvalue weighted by molar-refractivity contribution is 6.04. The first kappa shape index (κ1) is 12.8. The molecule has 0 atom stereocenters. The van der Waals surface area contributed by atoms with E-state index in [0.717, 1.165) is 6.07 Å². The number of nitrogens with one attached hydrogen (secondary N) is 1. The fraction of sp³-hybridized carbons (Fsp3) is 0.0769. The molecule has 6 heteroatoms. The van der Waals surface area contributed by atoms with Gasteiger partial charge in [-0.15, -0.1) is 0 Å². The summed E-state index contributed by atoms with van der Waals surface area (Å²) in [5.74, 6) is -1.09. The van der Waals surface area contributed by atoms with Gasteiger partial charge in [-0.05, 0) is 18.2 Å². The number of carbonyl (C=O) groups excluding carboxylic acids is 1. The molecular formula is C13H11FN2O3. The fourth-order valence-electron chi connectivity index (χ4n) is 1.50. The Morgan fingerprint density at radius 1 is 1.37 bits per heavy atom. The zero-order valence-corrected chi connectivity index (χ0v) is 10.1. The second-order valence-corrected chi connectivity index (χ2v) is 3.74. The van der Waals surface area contributed by atoms with Crippen molar-refractivity contribution in [2.24, 2.45) is 0 Å². The van der Waals surface area contributed by atoms with E-state index in [4.69, 9.17) is 4.74 Å². The van der Waals surface area contributed by atoms with Gasteiger partial charge < -0.3 is 15.2 Å². The van der Waals surface area contributed by atoms with Crippen molar-refractivity contribution in [2.45, 2.75) is 0 Å². The minimum Gasteiger partial charge on any atom is -0.506 e. The monoisotopic (exact) mass is 262 g/mol. The number of hydrogen-bond donors (Lipinski definition) is 2. The Kier molecular flexibility index (Phi) is 3.61. The molecule has 0 radical (unpaired) electrons. The van der Waals surface area contributed by atoms with Crippen LogP contribution in [0, 0.1) is 5.82 Å². The standard InChI is InChI=1S/C13H11FN2O3/c1-19-12-3-2-9(5-11(12)14)16-13(18)8-4-10(17)7-15-6-8/h2-7,17H,1H3,(H,16,18). The zero-order chi connectivity index (χ0) is 13.8. The summed E-state index contributed by atoms with van der Waals surface area (Å²) >= 11 is 0. The van der Waals surface area contributed by atoms with Gasteiger partial charge in [-0.2, -0.15) is 0 Å². The second-order valence-electron chi connectivity index (χ2n) is 3.74.